The van der Waals surface area contributed by atoms with Crippen LogP contribution in [-0.2, 0) is 14.2 Å². The summed E-state index contributed by atoms with van der Waals surface area (Å²) in [7, 11) is 1.51. The predicted molar refractivity (Wildman–Crippen MR) is 144 cm³/mol. The molecule has 11 heteroatoms. The second-order valence-electron chi connectivity index (χ2n) is 10.9. The normalized spacial score (nSPS) is 12.1. The van der Waals surface area contributed by atoms with Gasteiger partial charge in [-0.25, -0.2) is 14.4 Å². The van der Waals surface area contributed by atoms with Crippen LogP contribution in [0, 0.1) is 3.57 Å². The molecule has 0 radical (unpaired) electrons. The fraction of sp³-hybridized carbons (Fsp3) is 0.520. The molecule has 0 N–H and O–H groups in total. The smallest absolute Gasteiger partial charge is 0.437 e. The molecule has 1 aromatic heterocycles. The zero-order valence-corrected chi connectivity index (χ0v) is 24.5. The molecule has 0 saturated heterocycles. The minimum atomic E-state index is -1.04. The molecule has 0 saturated carbocycles. The molecule has 0 spiro atoms. The van der Waals surface area contributed by atoms with Crippen molar-refractivity contribution in [2.45, 2.75) is 79.1 Å². The number of hydrogen-bond acceptors (Lipinski definition) is 8. The first-order valence-corrected chi connectivity index (χ1v) is 12.3. The van der Waals surface area contributed by atoms with Crippen molar-refractivity contribution in [3.05, 3.63) is 27.8 Å². The maximum atomic E-state index is 13.3. The molecule has 36 heavy (non-hydrogen) atoms. The molecule has 1 aromatic carbocycles. The van der Waals surface area contributed by atoms with Gasteiger partial charge in [0, 0.05) is 5.56 Å². The Morgan fingerprint density at radius 3 is 1.75 bits per heavy atom. The van der Waals surface area contributed by atoms with Crippen LogP contribution in [0.25, 0.3) is 11.3 Å². The van der Waals surface area contributed by atoms with Gasteiger partial charge in [0.1, 0.15) is 28.2 Å². The van der Waals surface area contributed by atoms with Crippen molar-refractivity contribution in [3.63, 3.8) is 0 Å². The largest absolute Gasteiger partial charge is 0.496 e. The average Bonchev–Trinajstić information content (AvgIpc) is 3.01. The molecular weight excluding hydrogens is 581 g/mol. The zero-order chi connectivity index (χ0) is 27.6. The number of benzene rings is 1. The number of ether oxygens (including phenoxy) is 4. The molecule has 10 nitrogen and oxygen atoms in total. The average molecular weight is 615 g/mol. The number of para-hydroxylation sites is 1. The lowest BCUT2D eigenvalue weighted by atomic mass is 10.1. The zero-order valence-electron chi connectivity index (χ0n) is 22.4. The van der Waals surface area contributed by atoms with E-state index >= 15 is 0 Å². The van der Waals surface area contributed by atoms with Crippen molar-refractivity contribution in [2.75, 3.05) is 12.0 Å². The predicted octanol–water partition coefficient (Wildman–Crippen LogP) is 6.62. The van der Waals surface area contributed by atoms with E-state index in [9.17, 15) is 14.4 Å². The molecule has 2 rings (SSSR count). The monoisotopic (exact) mass is 615 g/mol. The van der Waals surface area contributed by atoms with E-state index in [4.69, 9.17) is 18.9 Å². The first-order valence-electron chi connectivity index (χ1n) is 11.3. The number of methoxy groups -OCH3 is 1. The van der Waals surface area contributed by atoms with E-state index in [2.05, 4.69) is 5.10 Å². The van der Waals surface area contributed by atoms with Gasteiger partial charge in [-0.1, -0.05) is 12.1 Å². The SMILES string of the molecule is COc1ccccc1-c1nn(C(=O)OC(C)(C)C)c(N(C(=O)OC(C)(C)C)C(=O)OC(C)(C)C)c1I. The van der Waals surface area contributed by atoms with Crippen LogP contribution in [0.5, 0.6) is 5.75 Å². The maximum Gasteiger partial charge on any atom is 0.437 e. The molecule has 0 bridgehead atoms. The standard InChI is InChI=1S/C25H34IN3O7/c1-23(2,3)34-20(30)28(21(31)35-24(4,5)6)19-17(26)18(15-13-11-12-14-16(15)33-10)27-29(19)22(32)36-25(7,8)9/h11-14H,1-10H3. The number of imide groups is 1. The van der Waals surface area contributed by atoms with Gasteiger partial charge in [0.15, 0.2) is 5.82 Å². The van der Waals surface area contributed by atoms with E-state index in [0.29, 0.717) is 25.5 Å². The van der Waals surface area contributed by atoms with Gasteiger partial charge >= 0.3 is 18.3 Å². The summed E-state index contributed by atoms with van der Waals surface area (Å²) in [5.41, 5.74) is -1.91. The molecule has 1 heterocycles. The molecule has 0 aliphatic heterocycles. The summed E-state index contributed by atoms with van der Waals surface area (Å²) in [6, 6.07) is 7.04. The molecule has 0 unspecified atom stereocenters. The lowest BCUT2D eigenvalue weighted by Gasteiger charge is -2.29. The summed E-state index contributed by atoms with van der Waals surface area (Å²) < 4.78 is 23.2. The lowest BCUT2D eigenvalue weighted by Crippen LogP contribution is -2.45. The number of hydrogen-bond donors (Lipinski definition) is 0. The number of rotatable bonds is 3. The second-order valence-corrected chi connectivity index (χ2v) is 12.0. The maximum absolute atomic E-state index is 13.3. The van der Waals surface area contributed by atoms with Crippen LogP contribution in [0.1, 0.15) is 62.3 Å². The molecule has 0 aliphatic carbocycles. The Morgan fingerprint density at radius 2 is 1.31 bits per heavy atom. The van der Waals surface area contributed by atoms with Crippen molar-refractivity contribution in [2.24, 2.45) is 0 Å². The van der Waals surface area contributed by atoms with Gasteiger partial charge in [0.05, 0.1) is 10.7 Å². The van der Waals surface area contributed by atoms with E-state index in [-0.39, 0.29) is 5.82 Å². The van der Waals surface area contributed by atoms with Crippen LogP contribution in [0.4, 0.5) is 20.2 Å². The number of anilines is 1. The van der Waals surface area contributed by atoms with Crippen LogP contribution < -0.4 is 9.64 Å². The number of amides is 2. The van der Waals surface area contributed by atoms with Crippen molar-refractivity contribution in [1.82, 2.24) is 9.78 Å². The van der Waals surface area contributed by atoms with Gasteiger partial charge in [0.2, 0.25) is 0 Å². The highest BCUT2D eigenvalue weighted by atomic mass is 127. The minimum absolute atomic E-state index is 0.172. The third-order valence-electron chi connectivity index (χ3n) is 4.10. The Kier molecular flexibility index (Phi) is 8.70. The molecule has 0 atom stereocenters. The molecule has 0 aliphatic rings. The van der Waals surface area contributed by atoms with Gasteiger partial charge < -0.3 is 18.9 Å². The number of halogens is 1. The van der Waals surface area contributed by atoms with Crippen molar-refractivity contribution >= 4 is 46.7 Å². The van der Waals surface area contributed by atoms with Crippen molar-refractivity contribution < 1.29 is 33.3 Å². The summed E-state index contributed by atoms with van der Waals surface area (Å²) >= 11 is 1.92. The Labute approximate surface area is 225 Å². The highest BCUT2D eigenvalue weighted by molar-refractivity contribution is 14.1. The van der Waals surface area contributed by atoms with E-state index in [1.807, 2.05) is 22.6 Å². The van der Waals surface area contributed by atoms with Crippen molar-refractivity contribution in [3.8, 4) is 17.0 Å². The van der Waals surface area contributed by atoms with Crippen LogP contribution in [0.15, 0.2) is 24.3 Å². The quantitative estimate of drug-likeness (QED) is 0.280. The first kappa shape index (κ1) is 29.4. The van der Waals surface area contributed by atoms with Crippen molar-refractivity contribution in [1.29, 1.82) is 0 Å². The van der Waals surface area contributed by atoms with Crippen LogP contribution >= 0.6 is 22.6 Å². The van der Waals surface area contributed by atoms with E-state index in [0.717, 1.165) is 4.68 Å². The van der Waals surface area contributed by atoms with Gasteiger partial charge in [-0.2, -0.15) is 10.00 Å². The number of nitrogens with zero attached hydrogens (tertiary/aromatic N) is 3. The summed E-state index contributed by atoms with van der Waals surface area (Å²) in [6.45, 7) is 15.1. The summed E-state index contributed by atoms with van der Waals surface area (Å²) in [4.78, 5) is 40.6. The van der Waals surface area contributed by atoms with Gasteiger partial charge in [-0.3, -0.25) is 0 Å². The first-order chi connectivity index (χ1) is 16.3. The molecule has 198 valence electrons. The van der Waals surface area contributed by atoms with Crippen LogP contribution in [-0.4, -0.2) is 52.0 Å². The molecule has 2 aromatic rings. The second kappa shape index (κ2) is 10.7. The number of carbonyl (C=O) groups is 3. The molecule has 2 amide bonds. The fourth-order valence-electron chi connectivity index (χ4n) is 2.89. The Hall–Kier alpha value is -2.83. The fourth-order valence-corrected chi connectivity index (χ4v) is 3.76. The molecule has 0 fully saturated rings. The Bertz CT molecular complexity index is 1110. The van der Waals surface area contributed by atoms with E-state index in [1.165, 1.54) is 7.11 Å². The topological polar surface area (TPSA) is 109 Å². The van der Waals surface area contributed by atoms with E-state index in [1.54, 1.807) is 86.6 Å². The minimum Gasteiger partial charge on any atom is -0.496 e. The Balaban J connectivity index is 2.85. The van der Waals surface area contributed by atoms with Gasteiger partial charge in [-0.15, -0.1) is 4.68 Å². The lowest BCUT2D eigenvalue weighted by molar-refractivity contribution is 0.0423. The highest BCUT2D eigenvalue weighted by Crippen LogP contribution is 2.38. The van der Waals surface area contributed by atoms with Gasteiger partial charge in [0.25, 0.3) is 0 Å². The number of carbonyl (C=O) groups excluding carboxylic acids is 3. The molecular formula is C25H34IN3O7. The summed E-state index contributed by atoms with van der Waals surface area (Å²) in [6.07, 6.45) is -2.97. The van der Waals surface area contributed by atoms with Gasteiger partial charge in [-0.05, 0) is 97.0 Å². The van der Waals surface area contributed by atoms with E-state index < -0.39 is 35.1 Å². The summed E-state index contributed by atoms with van der Waals surface area (Å²) in [5.74, 6) is 0.311. The van der Waals surface area contributed by atoms with Crippen LogP contribution in [0.3, 0.4) is 0 Å². The Morgan fingerprint density at radius 1 is 0.833 bits per heavy atom. The van der Waals surface area contributed by atoms with Crippen LogP contribution in [0.2, 0.25) is 0 Å². The highest BCUT2D eigenvalue weighted by Gasteiger charge is 2.40. The third-order valence-corrected chi connectivity index (χ3v) is 5.09. The third kappa shape index (κ3) is 7.58. The summed E-state index contributed by atoms with van der Waals surface area (Å²) in [5, 5.41) is 4.45. The number of aromatic nitrogens is 2.